The lowest BCUT2D eigenvalue weighted by molar-refractivity contribution is 0.977. The van der Waals surface area contributed by atoms with Crippen molar-refractivity contribution in [1.29, 1.82) is 5.26 Å². The van der Waals surface area contributed by atoms with Crippen molar-refractivity contribution in [2.24, 2.45) is 0 Å². The van der Waals surface area contributed by atoms with Crippen molar-refractivity contribution >= 4 is 33.4 Å². The molecule has 2 nitrogen and oxygen atoms in total. The summed E-state index contributed by atoms with van der Waals surface area (Å²) in [7, 11) is 2.06. The molecule has 0 spiro atoms. The highest BCUT2D eigenvalue weighted by atomic mass is 79.9. The van der Waals surface area contributed by atoms with E-state index in [0.29, 0.717) is 5.56 Å². The number of hydrogen-bond donors (Lipinski definition) is 0. The Morgan fingerprint density at radius 2 is 2.27 bits per heavy atom. The summed E-state index contributed by atoms with van der Waals surface area (Å²) >= 11 is 5.22. The maximum atomic E-state index is 8.79. The molecule has 0 N–H and O–H groups in total. The number of nitriles is 1. The lowest BCUT2D eigenvalue weighted by atomic mass is 10.2. The molecule has 0 saturated heterocycles. The fraction of sp³-hybridized carbons (Fsp3) is 0.364. The average molecular weight is 285 g/mol. The van der Waals surface area contributed by atoms with E-state index in [2.05, 4.69) is 40.2 Å². The van der Waals surface area contributed by atoms with Gasteiger partial charge in [0, 0.05) is 29.5 Å². The zero-order valence-corrected chi connectivity index (χ0v) is 11.2. The molecule has 80 valence electrons. The zero-order chi connectivity index (χ0) is 11.3. The summed E-state index contributed by atoms with van der Waals surface area (Å²) in [5, 5.41) is 8.79. The standard InChI is InChI=1S/C11H13BrN2S/c1-14(5-6-15-2)10-4-3-9(8-13)11(12)7-10/h3-4,7H,5-6H2,1-2H3. The van der Waals surface area contributed by atoms with Crippen molar-refractivity contribution < 1.29 is 0 Å². The fourth-order valence-electron chi connectivity index (χ4n) is 1.19. The van der Waals surface area contributed by atoms with Crippen molar-refractivity contribution in [1.82, 2.24) is 0 Å². The van der Waals surface area contributed by atoms with Gasteiger partial charge in [-0.1, -0.05) is 0 Å². The Morgan fingerprint density at radius 1 is 1.53 bits per heavy atom. The molecule has 15 heavy (non-hydrogen) atoms. The van der Waals surface area contributed by atoms with E-state index in [0.717, 1.165) is 22.5 Å². The largest absolute Gasteiger partial charge is 0.374 e. The minimum atomic E-state index is 0.678. The molecule has 0 bridgehead atoms. The molecule has 4 heteroatoms. The molecule has 1 aromatic rings. The first-order chi connectivity index (χ1) is 7.19. The summed E-state index contributed by atoms with van der Waals surface area (Å²) in [6.45, 7) is 1.01. The molecule has 1 aromatic carbocycles. The van der Waals surface area contributed by atoms with Gasteiger partial charge in [-0.3, -0.25) is 0 Å². The van der Waals surface area contributed by atoms with Gasteiger partial charge in [0.25, 0.3) is 0 Å². The van der Waals surface area contributed by atoms with E-state index < -0.39 is 0 Å². The first-order valence-electron chi connectivity index (χ1n) is 4.58. The molecule has 0 radical (unpaired) electrons. The van der Waals surface area contributed by atoms with E-state index in [9.17, 15) is 0 Å². The Kier molecular flexibility index (Phi) is 5.00. The summed E-state index contributed by atoms with van der Waals surface area (Å²) in [5.74, 6) is 1.11. The van der Waals surface area contributed by atoms with Gasteiger partial charge < -0.3 is 4.90 Å². The molecule has 0 atom stereocenters. The van der Waals surface area contributed by atoms with Crippen LogP contribution in [0.2, 0.25) is 0 Å². The third-order valence-electron chi connectivity index (χ3n) is 2.14. The summed E-state index contributed by atoms with van der Waals surface area (Å²) in [5.41, 5.74) is 1.81. The normalized spacial score (nSPS) is 9.73. The van der Waals surface area contributed by atoms with Crippen LogP contribution in [0.25, 0.3) is 0 Å². The van der Waals surface area contributed by atoms with Gasteiger partial charge in [0.05, 0.1) is 5.56 Å². The second-order valence-electron chi connectivity index (χ2n) is 3.19. The third-order valence-corrected chi connectivity index (χ3v) is 3.39. The highest BCUT2D eigenvalue weighted by Crippen LogP contribution is 2.23. The van der Waals surface area contributed by atoms with Gasteiger partial charge in [0.1, 0.15) is 6.07 Å². The van der Waals surface area contributed by atoms with Gasteiger partial charge >= 0.3 is 0 Å². The van der Waals surface area contributed by atoms with E-state index >= 15 is 0 Å². The topological polar surface area (TPSA) is 27.0 Å². The third kappa shape index (κ3) is 3.44. The number of thioether (sulfide) groups is 1. The van der Waals surface area contributed by atoms with E-state index in [1.165, 1.54) is 0 Å². The zero-order valence-electron chi connectivity index (χ0n) is 8.83. The molecule has 0 unspecified atom stereocenters. The second kappa shape index (κ2) is 6.04. The summed E-state index contributed by atoms with van der Waals surface area (Å²) in [6, 6.07) is 7.94. The minimum absolute atomic E-state index is 0.678. The van der Waals surface area contributed by atoms with Crippen LogP contribution in [0.15, 0.2) is 22.7 Å². The van der Waals surface area contributed by atoms with Gasteiger partial charge in [0.2, 0.25) is 0 Å². The fourth-order valence-corrected chi connectivity index (χ4v) is 2.10. The van der Waals surface area contributed by atoms with Crippen LogP contribution in [-0.2, 0) is 0 Å². The van der Waals surface area contributed by atoms with Crippen LogP contribution in [0.5, 0.6) is 0 Å². The van der Waals surface area contributed by atoms with Crippen molar-refractivity contribution in [3.05, 3.63) is 28.2 Å². The Labute approximate surface area is 103 Å². The predicted octanol–water partition coefficient (Wildman–Crippen LogP) is 3.12. The van der Waals surface area contributed by atoms with Crippen molar-refractivity contribution in [3.63, 3.8) is 0 Å². The minimum Gasteiger partial charge on any atom is -0.374 e. The van der Waals surface area contributed by atoms with Crippen LogP contribution < -0.4 is 4.90 Å². The molecule has 0 fully saturated rings. The van der Waals surface area contributed by atoms with Gasteiger partial charge in [-0.25, -0.2) is 0 Å². The van der Waals surface area contributed by atoms with Crippen molar-refractivity contribution in [3.8, 4) is 6.07 Å². The molecule has 1 rings (SSSR count). The van der Waals surface area contributed by atoms with E-state index in [1.807, 2.05) is 30.0 Å². The van der Waals surface area contributed by atoms with Crippen LogP contribution >= 0.6 is 27.7 Å². The van der Waals surface area contributed by atoms with Crippen LogP contribution in [0.4, 0.5) is 5.69 Å². The number of anilines is 1. The van der Waals surface area contributed by atoms with Crippen molar-refractivity contribution in [2.75, 3.05) is 30.5 Å². The highest BCUT2D eigenvalue weighted by Gasteiger charge is 2.04. The lowest BCUT2D eigenvalue weighted by Crippen LogP contribution is -2.20. The maximum absolute atomic E-state index is 8.79. The summed E-state index contributed by atoms with van der Waals surface area (Å²) < 4.78 is 0.860. The lowest BCUT2D eigenvalue weighted by Gasteiger charge is -2.19. The summed E-state index contributed by atoms with van der Waals surface area (Å²) in [6.07, 6.45) is 2.10. The SMILES string of the molecule is CSCCN(C)c1ccc(C#N)c(Br)c1. The first-order valence-corrected chi connectivity index (χ1v) is 6.77. The number of benzene rings is 1. The average Bonchev–Trinajstić information content (AvgIpc) is 2.25. The molecule has 0 aliphatic rings. The number of hydrogen-bond acceptors (Lipinski definition) is 3. The van der Waals surface area contributed by atoms with E-state index in [1.54, 1.807) is 0 Å². The Balaban J connectivity index is 2.79. The van der Waals surface area contributed by atoms with Crippen LogP contribution in [0.1, 0.15) is 5.56 Å². The van der Waals surface area contributed by atoms with E-state index in [4.69, 9.17) is 5.26 Å². The van der Waals surface area contributed by atoms with Crippen LogP contribution in [0.3, 0.4) is 0 Å². The maximum Gasteiger partial charge on any atom is 0.100 e. The molecule has 0 heterocycles. The number of halogens is 1. The van der Waals surface area contributed by atoms with Gasteiger partial charge in [-0.05, 0) is 40.4 Å². The molecule has 0 aromatic heterocycles. The van der Waals surface area contributed by atoms with Crippen molar-refractivity contribution in [2.45, 2.75) is 0 Å². The molecule has 0 aliphatic heterocycles. The second-order valence-corrected chi connectivity index (χ2v) is 5.03. The number of rotatable bonds is 4. The van der Waals surface area contributed by atoms with Gasteiger partial charge in [-0.2, -0.15) is 17.0 Å². The summed E-state index contributed by atoms with van der Waals surface area (Å²) in [4.78, 5) is 2.18. The number of nitrogens with zero attached hydrogens (tertiary/aromatic N) is 2. The Bertz CT molecular complexity index is 373. The van der Waals surface area contributed by atoms with Gasteiger partial charge in [-0.15, -0.1) is 0 Å². The molecular formula is C11H13BrN2S. The van der Waals surface area contributed by atoms with Gasteiger partial charge in [0.15, 0.2) is 0 Å². The van der Waals surface area contributed by atoms with Crippen LogP contribution in [0, 0.1) is 11.3 Å². The predicted molar refractivity (Wildman–Crippen MR) is 70.5 cm³/mol. The molecule has 0 aliphatic carbocycles. The van der Waals surface area contributed by atoms with Crippen LogP contribution in [-0.4, -0.2) is 25.6 Å². The molecular weight excluding hydrogens is 272 g/mol. The Morgan fingerprint density at radius 3 is 2.80 bits per heavy atom. The molecule has 0 saturated carbocycles. The first kappa shape index (κ1) is 12.4. The van der Waals surface area contributed by atoms with E-state index in [-0.39, 0.29) is 0 Å². The molecule has 0 amide bonds. The highest BCUT2D eigenvalue weighted by molar-refractivity contribution is 9.10. The Hall–Kier alpha value is -0.660. The monoisotopic (exact) mass is 284 g/mol. The quantitative estimate of drug-likeness (QED) is 0.850. The smallest absolute Gasteiger partial charge is 0.100 e.